The number of hydrogen-bond acceptors (Lipinski definition) is 6. The minimum absolute atomic E-state index is 0.652. The molecule has 0 atom stereocenters. The third-order valence-electron chi connectivity index (χ3n) is 5.28. The van der Waals surface area contributed by atoms with E-state index in [1.54, 1.807) is 21.3 Å². The van der Waals surface area contributed by atoms with Crippen molar-refractivity contribution in [2.24, 2.45) is 4.99 Å². The monoisotopic (exact) mass is 436 g/mol. The van der Waals surface area contributed by atoms with E-state index >= 15 is 0 Å². The third kappa shape index (κ3) is 8.93. The zero-order chi connectivity index (χ0) is 22.3. The molecule has 0 spiro atoms. The molecule has 1 N–H and O–H groups in total. The molecule has 0 bridgehead atoms. The van der Waals surface area contributed by atoms with Crippen molar-refractivity contribution in [2.75, 3.05) is 80.4 Å². The lowest BCUT2D eigenvalue weighted by Crippen LogP contribution is -2.52. The van der Waals surface area contributed by atoms with E-state index in [1.165, 1.54) is 0 Å². The molecule has 0 unspecified atom stereocenters. The Bertz CT molecular complexity index is 648. The van der Waals surface area contributed by atoms with Crippen LogP contribution in [0.4, 0.5) is 0 Å². The molecule has 176 valence electrons. The molecule has 0 aromatic heterocycles. The van der Waals surface area contributed by atoms with Crippen LogP contribution in [0.1, 0.15) is 25.3 Å². The minimum Gasteiger partial charge on any atom is -0.497 e. The van der Waals surface area contributed by atoms with Gasteiger partial charge in [0, 0.05) is 65.1 Å². The highest BCUT2D eigenvalue weighted by atomic mass is 16.5. The molecule has 1 heterocycles. The van der Waals surface area contributed by atoms with Crippen molar-refractivity contribution in [3.63, 3.8) is 0 Å². The molecular formula is C23H40N4O4. The smallest absolute Gasteiger partial charge is 0.194 e. The largest absolute Gasteiger partial charge is 0.497 e. The predicted octanol–water partition coefficient (Wildman–Crippen LogP) is 2.23. The molecule has 31 heavy (non-hydrogen) atoms. The van der Waals surface area contributed by atoms with Crippen LogP contribution in [0.3, 0.4) is 0 Å². The van der Waals surface area contributed by atoms with Gasteiger partial charge in [0.15, 0.2) is 5.96 Å². The fourth-order valence-electron chi connectivity index (χ4n) is 3.54. The minimum atomic E-state index is 0.652. The maximum atomic E-state index is 5.53. The quantitative estimate of drug-likeness (QED) is 0.289. The number of unbranched alkanes of at least 4 members (excludes halogenated alkanes) is 1. The van der Waals surface area contributed by atoms with E-state index in [0.717, 1.165) is 88.3 Å². The van der Waals surface area contributed by atoms with Crippen molar-refractivity contribution in [3.8, 4) is 11.5 Å². The summed E-state index contributed by atoms with van der Waals surface area (Å²) in [6.45, 7) is 10.6. The lowest BCUT2D eigenvalue weighted by atomic mass is 10.1. The molecule has 1 saturated heterocycles. The summed E-state index contributed by atoms with van der Waals surface area (Å²) in [4.78, 5) is 9.64. The Labute approximate surface area is 187 Å². The number of rotatable bonds is 13. The van der Waals surface area contributed by atoms with Crippen LogP contribution in [0.15, 0.2) is 23.2 Å². The first-order valence-electron chi connectivity index (χ1n) is 11.2. The van der Waals surface area contributed by atoms with E-state index in [2.05, 4.69) is 28.1 Å². The molecule has 0 amide bonds. The van der Waals surface area contributed by atoms with Gasteiger partial charge in [0.05, 0.1) is 27.4 Å². The lowest BCUT2D eigenvalue weighted by molar-refractivity contribution is 0.0690. The van der Waals surface area contributed by atoms with Gasteiger partial charge in [0.25, 0.3) is 0 Å². The Hall–Kier alpha value is -2.03. The van der Waals surface area contributed by atoms with E-state index in [9.17, 15) is 0 Å². The fraction of sp³-hybridized carbons (Fsp3) is 0.696. The predicted molar refractivity (Wildman–Crippen MR) is 124 cm³/mol. The number of methoxy groups -OCH3 is 3. The summed E-state index contributed by atoms with van der Waals surface area (Å²) in [7, 11) is 5.10. The summed E-state index contributed by atoms with van der Waals surface area (Å²) >= 11 is 0. The van der Waals surface area contributed by atoms with Crippen LogP contribution in [0.25, 0.3) is 0 Å². The average molecular weight is 437 g/mol. The third-order valence-corrected chi connectivity index (χ3v) is 5.28. The highest BCUT2D eigenvalue weighted by Crippen LogP contribution is 2.25. The van der Waals surface area contributed by atoms with Crippen molar-refractivity contribution in [2.45, 2.75) is 26.3 Å². The maximum absolute atomic E-state index is 5.53. The van der Waals surface area contributed by atoms with Gasteiger partial charge >= 0.3 is 0 Å². The van der Waals surface area contributed by atoms with E-state index in [4.69, 9.17) is 23.9 Å². The van der Waals surface area contributed by atoms with Gasteiger partial charge in [-0.15, -0.1) is 0 Å². The summed E-state index contributed by atoms with van der Waals surface area (Å²) in [6.07, 6.45) is 2.04. The number of hydrogen-bond donors (Lipinski definition) is 1. The second-order valence-electron chi connectivity index (χ2n) is 7.49. The zero-order valence-corrected chi connectivity index (χ0v) is 19.7. The van der Waals surface area contributed by atoms with Gasteiger partial charge in [-0.2, -0.15) is 0 Å². The summed E-state index contributed by atoms with van der Waals surface area (Å²) in [5.74, 6) is 2.78. The lowest BCUT2D eigenvalue weighted by Gasteiger charge is -2.36. The number of piperazine rings is 1. The van der Waals surface area contributed by atoms with Crippen molar-refractivity contribution >= 4 is 5.96 Å². The van der Waals surface area contributed by atoms with Gasteiger partial charge < -0.3 is 29.2 Å². The Balaban J connectivity index is 1.79. The van der Waals surface area contributed by atoms with Crippen LogP contribution in [0.2, 0.25) is 0 Å². The normalized spacial score (nSPS) is 15.2. The van der Waals surface area contributed by atoms with Crippen LogP contribution in [0, 0.1) is 0 Å². The average Bonchev–Trinajstić information content (AvgIpc) is 2.80. The summed E-state index contributed by atoms with van der Waals surface area (Å²) < 4.78 is 21.4. The van der Waals surface area contributed by atoms with E-state index in [1.807, 2.05) is 12.1 Å². The SMILES string of the molecule is CCNC(=NCCCCOCCOC)N1CCN(Cc2cc(OC)ccc2OC)CC1. The zero-order valence-electron chi connectivity index (χ0n) is 19.7. The van der Waals surface area contributed by atoms with E-state index < -0.39 is 0 Å². The van der Waals surface area contributed by atoms with Crippen molar-refractivity contribution in [1.82, 2.24) is 15.1 Å². The fourth-order valence-corrected chi connectivity index (χ4v) is 3.54. The van der Waals surface area contributed by atoms with Crippen molar-refractivity contribution < 1.29 is 18.9 Å². The van der Waals surface area contributed by atoms with E-state index in [0.29, 0.717) is 13.2 Å². The standard InChI is InChI=1S/C23H40N4O4/c1-5-24-23(25-10-6-7-15-31-17-16-28-2)27-13-11-26(12-14-27)19-20-18-21(29-3)8-9-22(20)30-4/h8-9,18H,5-7,10-17,19H2,1-4H3,(H,24,25). The summed E-state index contributed by atoms with van der Waals surface area (Å²) in [5, 5.41) is 3.44. The first-order chi connectivity index (χ1) is 15.2. The molecule has 1 fully saturated rings. The van der Waals surface area contributed by atoms with Crippen LogP contribution < -0.4 is 14.8 Å². The number of aliphatic imine (C=N–C) groups is 1. The van der Waals surface area contributed by atoms with E-state index in [-0.39, 0.29) is 0 Å². The van der Waals surface area contributed by atoms with Gasteiger partial charge in [-0.3, -0.25) is 9.89 Å². The molecule has 8 heteroatoms. The first kappa shape index (κ1) is 25.2. The molecule has 0 saturated carbocycles. The molecule has 1 aliphatic heterocycles. The summed E-state index contributed by atoms with van der Waals surface area (Å²) in [5.41, 5.74) is 1.16. The van der Waals surface area contributed by atoms with Gasteiger partial charge in [-0.05, 0) is 38.0 Å². The molecular weight excluding hydrogens is 396 g/mol. The van der Waals surface area contributed by atoms with Crippen LogP contribution in [-0.2, 0) is 16.0 Å². The topological polar surface area (TPSA) is 67.8 Å². The number of nitrogens with zero attached hydrogens (tertiary/aromatic N) is 3. The van der Waals surface area contributed by atoms with Crippen molar-refractivity contribution in [3.05, 3.63) is 23.8 Å². The Kier molecular flexibility index (Phi) is 12.1. The second kappa shape index (κ2) is 14.9. The molecule has 1 aliphatic rings. The van der Waals surface area contributed by atoms with Gasteiger partial charge in [-0.1, -0.05) is 0 Å². The number of benzene rings is 1. The van der Waals surface area contributed by atoms with Crippen LogP contribution in [0.5, 0.6) is 11.5 Å². The van der Waals surface area contributed by atoms with Crippen molar-refractivity contribution in [1.29, 1.82) is 0 Å². The summed E-state index contributed by atoms with van der Waals surface area (Å²) in [6, 6.07) is 5.98. The Morgan fingerprint density at radius 2 is 1.81 bits per heavy atom. The highest BCUT2D eigenvalue weighted by molar-refractivity contribution is 5.80. The Morgan fingerprint density at radius 3 is 2.48 bits per heavy atom. The number of nitrogens with one attached hydrogen (secondary N) is 1. The van der Waals surface area contributed by atoms with Gasteiger partial charge in [0.1, 0.15) is 11.5 Å². The molecule has 1 aromatic rings. The Morgan fingerprint density at radius 1 is 1.00 bits per heavy atom. The molecule has 1 aromatic carbocycles. The highest BCUT2D eigenvalue weighted by Gasteiger charge is 2.20. The molecule has 0 radical (unpaired) electrons. The number of guanidine groups is 1. The van der Waals surface area contributed by atoms with Crippen LogP contribution in [-0.4, -0.2) is 96.2 Å². The number of ether oxygens (including phenoxy) is 4. The second-order valence-corrected chi connectivity index (χ2v) is 7.49. The molecule has 8 nitrogen and oxygen atoms in total. The van der Waals surface area contributed by atoms with Gasteiger partial charge in [0.2, 0.25) is 0 Å². The van der Waals surface area contributed by atoms with Crippen LogP contribution >= 0.6 is 0 Å². The van der Waals surface area contributed by atoms with Gasteiger partial charge in [-0.25, -0.2) is 0 Å². The maximum Gasteiger partial charge on any atom is 0.194 e. The first-order valence-corrected chi connectivity index (χ1v) is 11.2. The molecule has 2 rings (SSSR count). The molecule has 0 aliphatic carbocycles.